The number of hydrogen-bond donors (Lipinski definition) is 4. The topological polar surface area (TPSA) is 130 Å². The molecular weight excluding hydrogens is 421 g/mol. The number of amides is 3. The molecule has 3 amide bonds. The normalized spacial score (nSPS) is 9.35. The number of urea groups is 1. The van der Waals surface area contributed by atoms with Crippen LogP contribution in [0.3, 0.4) is 0 Å². The molecule has 0 radical (unpaired) electrons. The second-order valence-electron chi connectivity index (χ2n) is 4.53. The van der Waals surface area contributed by atoms with Gasteiger partial charge in [0.25, 0.3) is 5.91 Å². The highest BCUT2D eigenvalue weighted by molar-refractivity contribution is 7.83. The molecule has 1 unspecified atom stereocenters. The quantitative estimate of drug-likeness (QED) is 0.493. The third kappa shape index (κ3) is 10.9. The average molecular weight is 456 g/mol. The van der Waals surface area contributed by atoms with Crippen molar-refractivity contribution in [1.29, 1.82) is 0 Å². The van der Waals surface area contributed by atoms with Gasteiger partial charge in [-0.2, -0.15) is 0 Å². The Balaban J connectivity index is -0.00000103. The Morgan fingerprint density at radius 2 is 1.74 bits per heavy atom. The Morgan fingerprint density at radius 3 is 2.13 bits per heavy atom. The van der Waals surface area contributed by atoms with Gasteiger partial charge in [0.15, 0.2) is 11.0 Å². The molecule has 0 saturated heterocycles. The fraction of sp³-hybridized carbons (Fsp3) is 0.286. The Morgan fingerprint density at radius 1 is 1.16 bits per heavy atom. The summed E-state index contributed by atoms with van der Waals surface area (Å²) in [5.41, 5.74) is 7.07. The average Bonchev–Trinajstić information content (AvgIpc) is 3.22. The Labute approximate surface area is 186 Å². The van der Waals surface area contributed by atoms with Gasteiger partial charge in [-0.3, -0.25) is 13.9 Å². The first kappa shape index (κ1) is 32.4. The number of aromatic amines is 1. The van der Waals surface area contributed by atoms with Crippen LogP contribution in [0.1, 0.15) is 56.9 Å². The Bertz CT molecular complexity index is 811. The van der Waals surface area contributed by atoms with Gasteiger partial charge in [0, 0.05) is 5.69 Å². The molecular formula is C21H34FN5O3S. The van der Waals surface area contributed by atoms with E-state index in [9.17, 15) is 18.2 Å². The third-order valence-corrected chi connectivity index (χ3v) is 3.93. The molecule has 2 aromatic rings. The fourth-order valence-corrected chi connectivity index (χ4v) is 2.48. The van der Waals surface area contributed by atoms with E-state index in [0.29, 0.717) is 24.3 Å². The number of aromatic nitrogens is 2. The predicted octanol–water partition coefficient (Wildman–Crippen LogP) is 4.91. The molecule has 2 heterocycles. The molecule has 0 fully saturated rings. The molecule has 8 nitrogen and oxygen atoms in total. The van der Waals surface area contributed by atoms with Crippen molar-refractivity contribution in [2.24, 2.45) is 5.73 Å². The van der Waals surface area contributed by atoms with Crippen LogP contribution in [0.5, 0.6) is 0 Å². The summed E-state index contributed by atoms with van der Waals surface area (Å²) in [7, 11) is -1.35. The number of pyridine rings is 1. The predicted molar refractivity (Wildman–Crippen MR) is 129 cm³/mol. The van der Waals surface area contributed by atoms with Gasteiger partial charge in [-0.15, -0.1) is 0 Å². The van der Waals surface area contributed by atoms with Crippen LogP contribution in [0.15, 0.2) is 42.6 Å². The number of rotatable bonds is 6. The molecule has 0 saturated carbocycles. The van der Waals surface area contributed by atoms with E-state index in [2.05, 4.69) is 28.4 Å². The highest BCUT2D eigenvalue weighted by Crippen LogP contribution is 2.15. The molecule has 0 aliphatic rings. The third-order valence-electron chi connectivity index (χ3n) is 2.93. The Hall–Kier alpha value is -3.27. The van der Waals surface area contributed by atoms with E-state index in [4.69, 9.17) is 5.73 Å². The van der Waals surface area contributed by atoms with Gasteiger partial charge >= 0.3 is 6.03 Å². The van der Waals surface area contributed by atoms with Gasteiger partial charge in [0.05, 0.1) is 19.1 Å². The number of nitrogens with one attached hydrogen (secondary N) is 3. The van der Waals surface area contributed by atoms with Crippen molar-refractivity contribution in [2.75, 3.05) is 12.5 Å². The van der Waals surface area contributed by atoms with Crippen LogP contribution in [0.2, 0.25) is 0 Å². The van der Waals surface area contributed by atoms with E-state index in [1.165, 1.54) is 18.3 Å². The minimum absolute atomic E-state index is 0. The van der Waals surface area contributed by atoms with Crippen LogP contribution in [-0.2, 0) is 11.0 Å². The van der Waals surface area contributed by atoms with Crippen molar-refractivity contribution < 1.29 is 18.2 Å². The number of nitrogens with two attached hydrogens (primary N) is 1. The van der Waals surface area contributed by atoms with E-state index < -0.39 is 17.0 Å². The van der Waals surface area contributed by atoms with E-state index in [0.717, 1.165) is 5.56 Å². The smallest absolute Gasteiger partial charge is 0.324 e. The second-order valence-corrected chi connectivity index (χ2v) is 5.69. The largest absolute Gasteiger partial charge is 0.351 e. The van der Waals surface area contributed by atoms with Crippen LogP contribution >= 0.6 is 0 Å². The zero-order valence-electron chi connectivity index (χ0n) is 17.9. The van der Waals surface area contributed by atoms with Crippen molar-refractivity contribution >= 4 is 40.8 Å². The standard InChI is InChI=1S/C15H15N5O3S.2C2H6.CH3F.CH4/c1-3-9-7-12(19-11(9)4-2)14(21)18-10-5-6-13(17-8-10)24(23)20-15(16)22;3*1-2;/h3-8,19H,1-2H2,(H,18,21)(H3,16,20,22);2*1-2H3;1H3;1H4. The molecule has 174 valence electrons. The van der Waals surface area contributed by atoms with Crippen molar-refractivity contribution in [1.82, 2.24) is 14.7 Å². The van der Waals surface area contributed by atoms with Crippen molar-refractivity contribution in [3.63, 3.8) is 0 Å². The summed E-state index contributed by atoms with van der Waals surface area (Å²) < 4.78 is 23.1. The minimum atomic E-state index is -1.85. The highest BCUT2D eigenvalue weighted by Gasteiger charge is 2.12. The monoisotopic (exact) mass is 455 g/mol. The van der Waals surface area contributed by atoms with Crippen LogP contribution in [-0.4, -0.2) is 33.3 Å². The van der Waals surface area contributed by atoms with Crippen molar-refractivity contribution in [3.05, 3.63) is 54.5 Å². The molecule has 0 aliphatic heterocycles. The first-order valence-corrected chi connectivity index (χ1v) is 10.2. The van der Waals surface area contributed by atoms with Crippen molar-refractivity contribution in [3.8, 4) is 0 Å². The van der Waals surface area contributed by atoms with E-state index >= 15 is 0 Å². The summed E-state index contributed by atoms with van der Waals surface area (Å²) in [6, 6.07) is 3.63. The molecule has 31 heavy (non-hydrogen) atoms. The number of alkyl halides is 1. The number of primary amides is 1. The van der Waals surface area contributed by atoms with Crippen LogP contribution < -0.4 is 15.8 Å². The maximum Gasteiger partial charge on any atom is 0.324 e. The fourth-order valence-electron chi connectivity index (χ4n) is 1.85. The van der Waals surface area contributed by atoms with E-state index in [1.54, 1.807) is 18.2 Å². The number of nitrogens with zero attached hydrogens (tertiary/aromatic N) is 1. The molecule has 0 spiro atoms. The molecule has 1 atom stereocenters. The minimum Gasteiger partial charge on any atom is -0.351 e. The summed E-state index contributed by atoms with van der Waals surface area (Å²) in [4.78, 5) is 29.7. The molecule has 5 N–H and O–H groups in total. The number of carbonyl (C=O) groups excluding carboxylic acids is 2. The Kier molecular flexibility index (Phi) is 19.6. The van der Waals surface area contributed by atoms with Gasteiger partial charge in [-0.25, -0.2) is 14.0 Å². The molecule has 0 bridgehead atoms. The maximum absolute atomic E-state index is 12.2. The van der Waals surface area contributed by atoms with E-state index in [-0.39, 0.29) is 18.4 Å². The maximum atomic E-state index is 12.2. The lowest BCUT2D eigenvalue weighted by molar-refractivity contribution is 0.102. The van der Waals surface area contributed by atoms with Crippen molar-refractivity contribution in [2.45, 2.75) is 40.1 Å². The van der Waals surface area contributed by atoms with Gasteiger partial charge in [0.2, 0.25) is 0 Å². The highest BCUT2D eigenvalue weighted by atomic mass is 32.2. The summed E-state index contributed by atoms with van der Waals surface area (Å²) in [6.07, 6.45) is 4.52. The molecule has 0 aromatic carbocycles. The SMILES string of the molecule is C.C=Cc1cc(C(=O)Nc2ccc(S(=O)NC(N)=O)nc2)[nH]c1C=C.CC.CC.CF. The summed E-state index contributed by atoms with van der Waals surface area (Å²) in [5.74, 6) is -0.378. The number of anilines is 1. The van der Waals surface area contributed by atoms with Gasteiger partial charge in [-0.05, 0) is 29.8 Å². The number of halogens is 1. The summed E-state index contributed by atoms with van der Waals surface area (Å²) in [6.45, 7) is 15.3. The van der Waals surface area contributed by atoms with Gasteiger partial charge in [0.1, 0.15) is 10.7 Å². The van der Waals surface area contributed by atoms with E-state index in [1.807, 2.05) is 32.4 Å². The first-order valence-electron chi connectivity index (χ1n) is 9.05. The zero-order valence-corrected chi connectivity index (χ0v) is 18.7. The second kappa shape index (κ2) is 18.7. The van der Waals surface area contributed by atoms with Crippen LogP contribution in [0.4, 0.5) is 14.9 Å². The van der Waals surface area contributed by atoms with Crippen LogP contribution in [0, 0.1) is 0 Å². The molecule has 2 aromatic heterocycles. The van der Waals surface area contributed by atoms with Crippen LogP contribution in [0.25, 0.3) is 12.2 Å². The lowest BCUT2D eigenvalue weighted by Gasteiger charge is -2.05. The van der Waals surface area contributed by atoms with Gasteiger partial charge < -0.3 is 16.0 Å². The lowest BCUT2D eigenvalue weighted by Crippen LogP contribution is -2.31. The first-order chi connectivity index (χ1) is 14.4. The lowest BCUT2D eigenvalue weighted by atomic mass is 10.2. The number of hydrogen-bond acceptors (Lipinski definition) is 4. The molecule has 10 heteroatoms. The molecule has 2 rings (SSSR count). The zero-order chi connectivity index (χ0) is 23.7. The van der Waals surface area contributed by atoms with Gasteiger partial charge in [-0.1, -0.05) is 54.4 Å². The summed E-state index contributed by atoms with van der Waals surface area (Å²) in [5, 5.41) is 2.75. The number of H-pyrrole nitrogens is 1. The summed E-state index contributed by atoms with van der Waals surface area (Å²) >= 11 is 0. The number of carbonyl (C=O) groups is 2. The molecule has 0 aliphatic carbocycles.